The van der Waals surface area contributed by atoms with Gasteiger partial charge in [0.1, 0.15) is 11.6 Å². The summed E-state index contributed by atoms with van der Waals surface area (Å²) < 4.78 is 73.0. The minimum Gasteiger partial charge on any atom is -0.432 e. The van der Waals surface area contributed by atoms with Gasteiger partial charge in [0.15, 0.2) is 11.6 Å². The van der Waals surface area contributed by atoms with Crippen molar-refractivity contribution in [1.29, 1.82) is 0 Å². The summed E-state index contributed by atoms with van der Waals surface area (Å²) in [5, 5.41) is 1.07. The number of fused-ring (bicyclic) bond motifs is 1. The average molecular weight is 527 g/mol. The first-order valence-electron chi connectivity index (χ1n) is 13.1. The summed E-state index contributed by atoms with van der Waals surface area (Å²) in [6.45, 7) is -0.929. The molecule has 0 spiro atoms. The van der Waals surface area contributed by atoms with Gasteiger partial charge in [-0.05, 0) is 77.6 Å². The fraction of sp³-hybridized carbons (Fsp3) is 0.312. The second-order valence-corrected chi connectivity index (χ2v) is 9.60. The first-order valence-corrected chi connectivity index (χ1v) is 13.1. The van der Waals surface area contributed by atoms with Crippen molar-refractivity contribution in [3.05, 3.63) is 101 Å². The summed E-state index contributed by atoms with van der Waals surface area (Å²) in [5.41, 5.74) is 3.13. The van der Waals surface area contributed by atoms with Crippen molar-refractivity contribution in [1.82, 2.24) is 0 Å². The van der Waals surface area contributed by atoms with Crippen LogP contribution in [0, 0.1) is 17.5 Å². The molecule has 0 fully saturated rings. The Labute approximate surface area is 220 Å². The largest absolute Gasteiger partial charge is 0.432 e. The van der Waals surface area contributed by atoms with Crippen LogP contribution >= 0.6 is 0 Å². The maximum Gasteiger partial charge on any atom is 0.387 e. The highest BCUT2D eigenvalue weighted by Gasteiger charge is 2.13. The van der Waals surface area contributed by atoms with Crippen molar-refractivity contribution in [2.75, 3.05) is 0 Å². The molecule has 0 bridgehead atoms. The molecular weight excluding hydrogens is 495 g/mol. The van der Waals surface area contributed by atoms with E-state index >= 15 is 4.39 Å². The SMILES string of the molecule is CCCCCCCc1ccc(-c2ccc3c(F)c(CCc4ccc(OC(F)F)c(F)c4)ccc3c2)c(F)c1. The summed E-state index contributed by atoms with van der Waals surface area (Å²) in [4.78, 5) is 0. The number of alkyl halides is 2. The fourth-order valence-corrected chi connectivity index (χ4v) is 4.75. The molecule has 38 heavy (non-hydrogen) atoms. The Balaban J connectivity index is 1.45. The van der Waals surface area contributed by atoms with E-state index in [9.17, 15) is 17.6 Å². The zero-order valence-electron chi connectivity index (χ0n) is 21.4. The normalized spacial score (nSPS) is 11.4. The Morgan fingerprint density at radius 2 is 1.42 bits per heavy atom. The number of hydrogen-bond donors (Lipinski definition) is 0. The molecule has 0 aliphatic carbocycles. The van der Waals surface area contributed by atoms with Crippen LogP contribution in [0.1, 0.15) is 55.7 Å². The highest BCUT2D eigenvalue weighted by atomic mass is 19.3. The summed E-state index contributed by atoms with van der Waals surface area (Å²) in [6.07, 6.45) is 7.30. The van der Waals surface area contributed by atoms with E-state index in [0.29, 0.717) is 45.9 Å². The number of unbranched alkanes of at least 4 members (excludes halogenated alkanes) is 4. The molecule has 0 unspecified atom stereocenters. The molecule has 0 aromatic heterocycles. The molecule has 200 valence electrons. The van der Waals surface area contributed by atoms with Crippen LogP contribution in [-0.4, -0.2) is 6.61 Å². The minimum atomic E-state index is -3.11. The topological polar surface area (TPSA) is 9.23 Å². The Morgan fingerprint density at radius 1 is 0.684 bits per heavy atom. The van der Waals surface area contributed by atoms with Gasteiger partial charge >= 0.3 is 6.61 Å². The van der Waals surface area contributed by atoms with Crippen LogP contribution in [0.25, 0.3) is 21.9 Å². The Kier molecular flexibility index (Phi) is 9.38. The van der Waals surface area contributed by atoms with Crippen LogP contribution in [-0.2, 0) is 19.3 Å². The van der Waals surface area contributed by atoms with E-state index < -0.39 is 18.2 Å². The number of benzene rings is 4. The second-order valence-electron chi connectivity index (χ2n) is 9.60. The Bertz CT molecular complexity index is 1380. The molecule has 1 nitrogen and oxygen atoms in total. The highest BCUT2D eigenvalue weighted by Crippen LogP contribution is 2.30. The van der Waals surface area contributed by atoms with E-state index in [4.69, 9.17) is 0 Å². The molecular formula is C32H31F5O. The van der Waals surface area contributed by atoms with Crippen molar-refractivity contribution >= 4 is 10.8 Å². The van der Waals surface area contributed by atoms with E-state index in [2.05, 4.69) is 11.7 Å². The number of hydrogen-bond acceptors (Lipinski definition) is 1. The third kappa shape index (κ3) is 6.91. The Morgan fingerprint density at radius 3 is 2.16 bits per heavy atom. The molecule has 0 N–H and O–H groups in total. The standard InChI is InChI=1S/C32H31F5O/c1-2-3-4-5-6-7-21-9-15-26(28(33)18-21)24-14-16-27-25(20-24)13-12-23(31(27)35)11-8-22-10-17-30(29(34)19-22)38-32(36)37/h9-10,12-20,32H,2-8,11H2,1H3. The van der Waals surface area contributed by atoms with Crippen molar-refractivity contribution in [3.63, 3.8) is 0 Å². The van der Waals surface area contributed by atoms with Crippen molar-refractivity contribution < 1.29 is 26.7 Å². The lowest BCUT2D eigenvalue weighted by Gasteiger charge is -2.11. The Hall–Kier alpha value is -3.41. The van der Waals surface area contributed by atoms with Gasteiger partial charge in [0, 0.05) is 10.9 Å². The first kappa shape index (κ1) is 27.6. The van der Waals surface area contributed by atoms with Crippen molar-refractivity contribution in [2.45, 2.75) is 64.9 Å². The van der Waals surface area contributed by atoms with Crippen LogP contribution in [0.3, 0.4) is 0 Å². The number of rotatable bonds is 12. The van der Waals surface area contributed by atoms with Crippen molar-refractivity contribution in [3.8, 4) is 16.9 Å². The van der Waals surface area contributed by atoms with Gasteiger partial charge in [-0.25, -0.2) is 13.2 Å². The summed E-state index contributed by atoms with van der Waals surface area (Å²) in [5.74, 6) is -2.08. The molecule has 0 saturated carbocycles. The van der Waals surface area contributed by atoms with Gasteiger partial charge in [-0.2, -0.15) is 8.78 Å². The van der Waals surface area contributed by atoms with E-state index in [0.717, 1.165) is 37.0 Å². The molecule has 0 saturated heterocycles. The van der Waals surface area contributed by atoms with E-state index in [1.165, 1.54) is 25.3 Å². The average Bonchev–Trinajstić information content (AvgIpc) is 2.89. The predicted octanol–water partition coefficient (Wildman–Crippen LogP) is 9.82. The van der Waals surface area contributed by atoms with Gasteiger partial charge in [-0.1, -0.05) is 75.1 Å². The van der Waals surface area contributed by atoms with Crippen LogP contribution in [0.15, 0.2) is 66.7 Å². The van der Waals surface area contributed by atoms with Gasteiger partial charge in [-0.3, -0.25) is 0 Å². The van der Waals surface area contributed by atoms with Gasteiger partial charge in [0.2, 0.25) is 0 Å². The first-order chi connectivity index (χ1) is 18.4. The summed E-state index contributed by atoms with van der Waals surface area (Å²) >= 11 is 0. The fourth-order valence-electron chi connectivity index (χ4n) is 4.75. The number of halogens is 5. The van der Waals surface area contributed by atoms with Crippen LogP contribution in [0.4, 0.5) is 22.0 Å². The molecule has 0 aliphatic rings. The van der Waals surface area contributed by atoms with Crippen LogP contribution < -0.4 is 4.74 Å². The van der Waals surface area contributed by atoms with Gasteiger partial charge < -0.3 is 4.74 Å². The number of ether oxygens (including phenoxy) is 1. The molecule has 4 aromatic rings. The molecule has 6 heteroatoms. The molecule has 0 atom stereocenters. The maximum atomic E-state index is 15.3. The molecule has 0 amide bonds. The summed E-state index contributed by atoms with van der Waals surface area (Å²) in [6, 6.07) is 17.7. The summed E-state index contributed by atoms with van der Waals surface area (Å²) in [7, 11) is 0. The molecule has 0 radical (unpaired) electrons. The molecule has 4 aromatic carbocycles. The van der Waals surface area contributed by atoms with Crippen molar-refractivity contribution in [2.24, 2.45) is 0 Å². The van der Waals surface area contributed by atoms with Gasteiger partial charge in [0.25, 0.3) is 0 Å². The lowest BCUT2D eigenvalue weighted by molar-refractivity contribution is -0.0522. The number of aryl methyl sites for hydroxylation is 3. The smallest absolute Gasteiger partial charge is 0.387 e. The highest BCUT2D eigenvalue weighted by molar-refractivity contribution is 5.88. The third-order valence-electron chi connectivity index (χ3n) is 6.84. The zero-order valence-corrected chi connectivity index (χ0v) is 21.4. The monoisotopic (exact) mass is 526 g/mol. The van der Waals surface area contributed by atoms with Gasteiger partial charge in [-0.15, -0.1) is 0 Å². The van der Waals surface area contributed by atoms with E-state index in [1.807, 2.05) is 6.07 Å². The van der Waals surface area contributed by atoms with Gasteiger partial charge in [0.05, 0.1) is 0 Å². The van der Waals surface area contributed by atoms with E-state index in [1.54, 1.807) is 42.5 Å². The predicted molar refractivity (Wildman–Crippen MR) is 142 cm³/mol. The zero-order chi connectivity index (χ0) is 27.1. The quantitative estimate of drug-likeness (QED) is 0.132. The van der Waals surface area contributed by atoms with Crippen LogP contribution in [0.5, 0.6) is 5.75 Å². The molecule has 0 heterocycles. The molecule has 4 rings (SSSR count). The molecule has 0 aliphatic heterocycles. The minimum absolute atomic E-state index is 0.287. The third-order valence-corrected chi connectivity index (χ3v) is 6.84. The lowest BCUT2D eigenvalue weighted by atomic mass is 9.96. The second kappa shape index (κ2) is 12.9. The van der Waals surface area contributed by atoms with Crippen LogP contribution in [0.2, 0.25) is 0 Å². The van der Waals surface area contributed by atoms with E-state index in [-0.39, 0.29) is 11.6 Å². The lowest BCUT2D eigenvalue weighted by Crippen LogP contribution is -2.04. The maximum absolute atomic E-state index is 15.3.